The van der Waals surface area contributed by atoms with E-state index >= 15 is 0 Å². The lowest BCUT2D eigenvalue weighted by Gasteiger charge is -2.23. The number of benzene rings is 2. The van der Waals surface area contributed by atoms with Crippen molar-refractivity contribution in [1.82, 2.24) is 10.2 Å². The third-order valence-electron chi connectivity index (χ3n) is 4.44. The van der Waals surface area contributed by atoms with Crippen LogP contribution in [0.1, 0.15) is 36.2 Å². The number of anilines is 1. The normalized spacial score (nSPS) is 11.4. The third-order valence-corrected chi connectivity index (χ3v) is 4.67. The average Bonchev–Trinajstić information content (AvgIpc) is 2.69. The minimum atomic E-state index is -0.359. The predicted molar refractivity (Wildman–Crippen MR) is 115 cm³/mol. The highest BCUT2D eigenvalue weighted by molar-refractivity contribution is 6.31. The van der Waals surface area contributed by atoms with Gasteiger partial charge in [0.05, 0.1) is 6.54 Å². The summed E-state index contributed by atoms with van der Waals surface area (Å²) in [6, 6.07) is 13.7. The first-order valence-electron chi connectivity index (χ1n) is 9.49. The Hall–Kier alpha value is -2.86. The van der Waals surface area contributed by atoms with Gasteiger partial charge in [0, 0.05) is 35.3 Å². The molecule has 1 unspecified atom stereocenters. The maximum atomic E-state index is 12.6. The summed E-state index contributed by atoms with van der Waals surface area (Å²) >= 11 is 5.98. The van der Waals surface area contributed by atoms with Crippen LogP contribution in [0.15, 0.2) is 48.5 Å². The Labute approximate surface area is 176 Å². The summed E-state index contributed by atoms with van der Waals surface area (Å²) in [5.41, 5.74) is 2.04. The molecule has 6 nitrogen and oxygen atoms in total. The van der Waals surface area contributed by atoms with E-state index in [0.717, 1.165) is 5.56 Å². The Kier molecular flexibility index (Phi) is 8.21. The first kappa shape index (κ1) is 22.4. The summed E-state index contributed by atoms with van der Waals surface area (Å²) in [4.78, 5) is 38.6. The van der Waals surface area contributed by atoms with E-state index in [4.69, 9.17) is 11.6 Å². The molecule has 0 bridgehead atoms. The van der Waals surface area contributed by atoms with E-state index in [1.165, 1.54) is 4.90 Å². The first-order chi connectivity index (χ1) is 13.8. The van der Waals surface area contributed by atoms with E-state index in [1.807, 2.05) is 26.0 Å². The number of amides is 3. The molecule has 2 aromatic carbocycles. The van der Waals surface area contributed by atoms with Crippen molar-refractivity contribution in [2.45, 2.75) is 33.2 Å². The average molecular weight is 416 g/mol. The van der Waals surface area contributed by atoms with Crippen molar-refractivity contribution in [3.63, 3.8) is 0 Å². The van der Waals surface area contributed by atoms with Crippen LogP contribution in [0.3, 0.4) is 0 Å². The van der Waals surface area contributed by atoms with Crippen molar-refractivity contribution in [3.8, 4) is 0 Å². The largest absolute Gasteiger partial charge is 0.349 e. The van der Waals surface area contributed by atoms with Gasteiger partial charge in [0.1, 0.15) is 0 Å². The number of aryl methyl sites for hydroxylation is 1. The van der Waals surface area contributed by atoms with Gasteiger partial charge in [-0.15, -0.1) is 0 Å². The van der Waals surface area contributed by atoms with E-state index in [0.29, 0.717) is 22.8 Å². The molecule has 1 atom stereocenters. The molecule has 0 radical (unpaired) electrons. The van der Waals surface area contributed by atoms with Gasteiger partial charge in [-0.1, -0.05) is 35.9 Å². The van der Waals surface area contributed by atoms with Gasteiger partial charge in [-0.3, -0.25) is 14.4 Å². The summed E-state index contributed by atoms with van der Waals surface area (Å²) in [6.45, 7) is 5.76. The molecule has 0 saturated carbocycles. The number of carbonyl (C=O) groups is 3. The quantitative estimate of drug-likeness (QED) is 0.690. The van der Waals surface area contributed by atoms with Crippen LogP contribution in [0, 0.1) is 6.92 Å². The van der Waals surface area contributed by atoms with E-state index in [9.17, 15) is 14.4 Å². The summed E-state index contributed by atoms with van der Waals surface area (Å²) in [6.07, 6.45) is 0.107. The van der Waals surface area contributed by atoms with Gasteiger partial charge in [0.25, 0.3) is 5.91 Å². The van der Waals surface area contributed by atoms with Crippen LogP contribution < -0.4 is 10.6 Å². The fraction of sp³-hybridized carbons (Fsp3) is 0.318. The fourth-order valence-electron chi connectivity index (χ4n) is 2.81. The molecule has 3 amide bonds. The predicted octanol–water partition coefficient (Wildman–Crippen LogP) is 3.64. The van der Waals surface area contributed by atoms with Gasteiger partial charge in [0.2, 0.25) is 11.8 Å². The second kappa shape index (κ2) is 10.6. The monoisotopic (exact) mass is 415 g/mol. The van der Waals surface area contributed by atoms with Crippen molar-refractivity contribution in [1.29, 1.82) is 0 Å². The van der Waals surface area contributed by atoms with Gasteiger partial charge in [-0.05, 0) is 50.6 Å². The zero-order valence-electron chi connectivity index (χ0n) is 16.9. The van der Waals surface area contributed by atoms with Crippen LogP contribution >= 0.6 is 11.6 Å². The molecular formula is C22H26ClN3O3. The zero-order valence-corrected chi connectivity index (χ0v) is 17.6. The minimum absolute atomic E-state index is 0.0688. The summed E-state index contributed by atoms with van der Waals surface area (Å²) < 4.78 is 0. The Morgan fingerprint density at radius 3 is 2.45 bits per heavy atom. The molecule has 29 heavy (non-hydrogen) atoms. The SMILES string of the molecule is CCN(CC(=O)Nc1cc(Cl)ccc1C)C(=O)CC(C)NC(=O)c1ccccc1. The van der Waals surface area contributed by atoms with Gasteiger partial charge < -0.3 is 15.5 Å². The molecule has 0 spiro atoms. The molecular weight excluding hydrogens is 390 g/mol. The lowest BCUT2D eigenvalue weighted by atomic mass is 10.1. The number of nitrogens with one attached hydrogen (secondary N) is 2. The molecule has 0 fully saturated rings. The summed E-state index contributed by atoms with van der Waals surface area (Å²) in [5, 5.41) is 6.13. The van der Waals surface area contributed by atoms with E-state index in [2.05, 4.69) is 10.6 Å². The zero-order chi connectivity index (χ0) is 21.4. The smallest absolute Gasteiger partial charge is 0.251 e. The van der Waals surface area contributed by atoms with E-state index < -0.39 is 0 Å². The van der Waals surface area contributed by atoms with Crippen LogP contribution in [-0.2, 0) is 9.59 Å². The van der Waals surface area contributed by atoms with Crippen molar-refractivity contribution in [3.05, 3.63) is 64.7 Å². The standard InChI is InChI=1S/C22H26ClN3O3/c1-4-26(14-20(27)25-19-13-18(23)11-10-15(19)2)21(28)12-16(3)24-22(29)17-8-6-5-7-9-17/h5-11,13,16H,4,12,14H2,1-3H3,(H,24,29)(H,25,27). The van der Waals surface area contributed by atoms with Crippen LogP contribution in [0.2, 0.25) is 5.02 Å². The number of hydrogen-bond donors (Lipinski definition) is 2. The fourth-order valence-corrected chi connectivity index (χ4v) is 2.98. The van der Waals surface area contributed by atoms with Crippen LogP contribution in [0.5, 0.6) is 0 Å². The van der Waals surface area contributed by atoms with Gasteiger partial charge in [-0.25, -0.2) is 0 Å². The van der Waals surface area contributed by atoms with Gasteiger partial charge in [0.15, 0.2) is 0 Å². The number of halogens is 1. The van der Waals surface area contributed by atoms with Gasteiger partial charge >= 0.3 is 0 Å². The second-order valence-electron chi connectivity index (χ2n) is 6.86. The lowest BCUT2D eigenvalue weighted by molar-refractivity contribution is -0.134. The highest BCUT2D eigenvalue weighted by Gasteiger charge is 2.20. The maximum absolute atomic E-state index is 12.6. The minimum Gasteiger partial charge on any atom is -0.349 e. The Balaban J connectivity index is 1.89. The summed E-state index contributed by atoms with van der Waals surface area (Å²) in [5.74, 6) is -0.735. The topological polar surface area (TPSA) is 78.5 Å². The number of rotatable bonds is 8. The Morgan fingerprint density at radius 1 is 1.10 bits per heavy atom. The molecule has 0 aromatic heterocycles. The molecule has 0 aliphatic carbocycles. The molecule has 7 heteroatoms. The highest BCUT2D eigenvalue weighted by Crippen LogP contribution is 2.20. The molecule has 0 aliphatic rings. The lowest BCUT2D eigenvalue weighted by Crippen LogP contribution is -2.42. The molecule has 0 aliphatic heterocycles. The van der Waals surface area contributed by atoms with Crippen molar-refractivity contribution in [2.75, 3.05) is 18.4 Å². The van der Waals surface area contributed by atoms with Gasteiger partial charge in [-0.2, -0.15) is 0 Å². The van der Waals surface area contributed by atoms with Crippen LogP contribution in [0.25, 0.3) is 0 Å². The Bertz CT molecular complexity index is 871. The number of hydrogen-bond acceptors (Lipinski definition) is 3. The molecule has 154 valence electrons. The number of carbonyl (C=O) groups excluding carboxylic acids is 3. The van der Waals surface area contributed by atoms with Crippen LogP contribution in [-0.4, -0.2) is 41.8 Å². The second-order valence-corrected chi connectivity index (χ2v) is 7.30. The van der Waals surface area contributed by atoms with Crippen molar-refractivity contribution in [2.24, 2.45) is 0 Å². The molecule has 0 saturated heterocycles. The molecule has 2 N–H and O–H groups in total. The van der Waals surface area contributed by atoms with Crippen LogP contribution in [0.4, 0.5) is 5.69 Å². The third kappa shape index (κ3) is 6.91. The highest BCUT2D eigenvalue weighted by atomic mass is 35.5. The van der Waals surface area contributed by atoms with E-state index in [1.54, 1.807) is 43.3 Å². The number of nitrogens with zero attached hydrogens (tertiary/aromatic N) is 1. The Morgan fingerprint density at radius 2 is 1.79 bits per heavy atom. The number of likely N-dealkylation sites (N-methyl/N-ethyl adjacent to an activating group) is 1. The molecule has 0 heterocycles. The van der Waals surface area contributed by atoms with Crippen molar-refractivity contribution >= 4 is 35.0 Å². The maximum Gasteiger partial charge on any atom is 0.251 e. The molecule has 2 aromatic rings. The van der Waals surface area contributed by atoms with E-state index in [-0.39, 0.29) is 36.7 Å². The molecule has 2 rings (SSSR count). The first-order valence-corrected chi connectivity index (χ1v) is 9.87. The van der Waals surface area contributed by atoms with Crippen molar-refractivity contribution < 1.29 is 14.4 Å². The summed E-state index contributed by atoms with van der Waals surface area (Å²) in [7, 11) is 0.